The first-order valence-electron chi connectivity index (χ1n) is 16.2. The minimum Gasteiger partial charge on any atom is -0.494 e. The monoisotopic (exact) mass is 647 g/mol. The molecular formula is C36H42ClN3O6. The molecule has 0 radical (unpaired) electrons. The molecule has 0 bridgehead atoms. The molecule has 9 nitrogen and oxygen atoms in total. The third kappa shape index (κ3) is 5.13. The van der Waals surface area contributed by atoms with Crippen molar-refractivity contribution in [3.05, 3.63) is 77.9 Å². The Bertz CT molecular complexity index is 1540. The number of benzene rings is 2. The van der Waals surface area contributed by atoms with Crippen LogP contribution in [0.1, 0.15) is 40.5 Å². The Morgan fingerprint density at radius 1 is 0.891 bits per heavy atom. The van der Waals surface area contributed by atoms with Crippen molar-refractivity contribution < 1.29 is 29.0 Å². The highest BCUT2D eigenvalue weighted by atomic mass is 35.5. The van der Waals surface area contributed by atoms with Crippen LogP contribution in [0.5, 0.6) is 5.75 Å². The van der Waals surface area contributed by atoms with Gasteiger partial charge < -0.3 is 29.3 Å². The molecule has 0 saturated carbocycles. The number of fused-ring (bicyclic) bond motifs is 2. The van der Waals surface area contributed by atoms with E-state index in [2.05, 4.69) is 0 Å². The van der Waals surface area contributed by atoms with Gasteiger partial charge in [-0.05, 0) is 74.2 Å². The summed E-state index contributed by atoms with van der Waals surface area (Å²) in [6, 6.07) is 12.6. The lowest BCUT2D eigenvalue weighted by molar-refractivity contribution is -0.149. The standard InChI is InChI=1S/C36H42ClN3O6/c1-5-35-17-7-19-38(26-13-15-28(16-14-26)45-6-2)32(42)29(35)30-33(43)40(27(22-41)21-23(3)4)31-34(44)39(20-8-18-36(30,31)46-35)25-11-9-24(37)10-12-25/h7-18,23,27,29-31,41H,5-6,19-22H2,1-4H3/t27-,29-,30+,31?,35+,36+/m1/s1. The second-order valence-electron chi connectivity index (χ2n) is 12.9. The van der Waals surface area contributed by atoms with E-state index in [-0.39, 0.29) is 36.8 Å². The molecule has 4 aliphatic heterocycles. The number of ether oxygens (including phenoxy) is 2. The average Bonchev–Trinajstić information content (AvgIpc) is 3.34. The van der Waals surface area contributed by atoms with Crippen LogP contribution in [-0.2, 0) is 19.1 Å². The Morgan fingerprint density at radius 3 is 2.09 bits per heavy atom. The highest BCUT2D eigenvalue weighted by Gasteiger charge is 2.76. The zero-order chi connectivity index (χ0) is 32.8. The van der Waals surface area contributed by atoms with Crippen LogP contribution >= 0.6 is 11.6 Å². The quantitative estimate of drug-likeness (QED) is 0.384. The molecule has 2 aromatic rings. The van der Waals surface area contributed by atoms with Gasteiger partial charge in [-0.3, -0.25) is 14.4 Å². The molecule has 0 aliphatic carbocycles. The summed E-state index contributed by atoms with van der Waals surface area (Å²) in [4.78, 5) is 49.3. The third-order valence-electron chi connectivity index (χ3n) is 9.82. The van der Waals surface area contributed by atoms with Crippen molar-refractivity contribution in [1.29, 1.82) is 0 Å². The number of carbonyl (C=O) groups excluding carboxylic acids is 3. The van der Waals surface area contributed by atoms with E-state index in [0.717, 1.165) is 0 Å². The molecule has 46 heavy (non-hydrogen) atoms. The SMILES string of the molecule is CCOc1ccc(N2CC=C[C@]3(CC)O[C@]45C=CCN(c6ccc(Cl)cc6)C(=O)C4N([C@@H](CO)CC(C)C)C(=O)[C@@H]5[C@@H]3C2=O)cc1. The number of rotatable bonds is 9. The van der Waals surface area contributed by atoms with Gasteiger partial charge in [0.2, 0.25) is 11.8 Å². The van der Waals surface area contributed by atoms with Gasteiger partial charge in [0, 0.05) is 29.5 Å². The molecule has 2 fully saturated rings. The second kappa shape index (κ2) is 12.5. The van der Waals surface area contributed by atoms with Gasteiger partial charge in [0.05, 0.1) is 36.7 Å². The lowest BCUT2D eigenvalue weighted by Crippen LogP contribution is -2.59. The molecule has 10 heteroatoms. The summed E-state index contributed by atoms with van der Waals surface area (Å²) in [6.07, 6.45) is 8.45. The normalized spacial score (nSPS) is 29.5. The Morgan fingerprint density at radius 2 is 1.50 bits per heavy atom. The van der Waals surface area contributed by atoms with Crippen LogP contribution in [0.3, 0.4) is 0 Å². The summed E-state index contributed by atoms with van der Waals surface area (Å²) < 4.78 is 12.7. The zero-order valence-corrected chi connectivity index (χ0v) is 27.5. The Kier molecular flexibility index (Phi) is 8.78. The molecule has 6 rings (SSSR count). The molecule has 244 valence electrons. The van der Waals surface area contributed by atoms with E-state index in [9.17, 15) is 19.5 Å². The molecule has 2 saturated heterocycles. The fourth-order valence-corrected chi connectivity index (χ4v) is 8.01. The van der Waals surface area contributed by atoms with Crippen molar-refractivity contribution in [3.63, 3.8) is 0 Å². The number of anilines is 2. The zero-order valence-electron chi connectivity index (χ0n) is 26.8. The lowest BCUT2D eigenvalue weighted by Gasteiger charge is -2.41. The fourth-order valence-electron chi connectivity index (χ4n) is 7.89. The van der Waals surface area contributed by atoms with Gasteiger partial charge in [-0.2, -0.15) is 0 Å². The molecule has 0 aromatic heterocycles. The minimum absolute atomic E-state index is 0.137. The predicted octanol–water partition coefficient (Wildman–Crippen LogP) is 5.01. The Hall–Kier alpha value is -3.66. The van der Waals surface area contributed by atoms with Gasteiger partial charge in [0.25, 0.3) is 5.91 Å². The van der Waals surface area contributed by atoms with Gasteiger partial charge >= 0.3 is 0 Å². The van der Waals surface area contributed by atoms with Crippen molar-refractivity contribution >= 4 is 40.7 Å². The maximum absolute atomic E-state index is 14.9. The van der Waals surface area contributed by atoms with Crippen molar-refractivity contribution in [3.8, 4) is 5.75 Å². The highest BCUT2D eigenvalue weighted by Crippen LogP contribution is 2.59. The molecule has 1 N–H and O–H groups in total. The van der Waals surface area contributed by atoms with Crippen LogP contribution in [-0.4, -0.2) is 77.3 Å². The maximum Gasteiger partial charge on any atom is 0.253 e. The van der Waals surface area contributed by atoms with Gasteiger partial charge in [-0.1, -0.05) is 56.7 Å². The fraction of sp³-hybridized carbons (Fsp3) is 0.472. The minimum atomic E-state index is -1.43. The van der Waals surface area contributed by atoms with E-state index in [1.54, 1.807) is 34.1 Å². The summed E-state index contributed by atoms with van der Waals surface area (Å²) in [5.41, 5.74) is -1.23. The number of nitrogens with zero attached hydrogens (tertiary/aromatic N) is 3. The van der Waals surface area contributed by atoms with Gasteiger partial charge in [-0.15, -0.1) is 0 Å². The number of aliphatic hydroxyl groups excluding tert-OH is 1. The number of hydrogen-bond acceptors (Lipinski definition) is 6. The predicted molar refractivity (Wildman–Crippen MR) is 177 cm³/mol. The summed E-state index contributed by atoms with van der Waals surface area (Å²) in [5.74, 6) is -1.96. The van der Waals surface area contributed by atoms with Gasteiger partial charge in [-0.25, -0.2) is 0 Å². The molecular weight excluding hydrogens is 606 g/mol. The maximum atomic E-state index is 14.9. The topological polar surface area (TPSA) is 99.6 Å². The number of aliphatic hydroxyl groups is 1. The van der Waals surface area contributed by atoms with Crippen LogP contribution in [0, 0.1) is 17.8 Å². The molecule has 4 heterocycles. The van der Waals surface area contributed by atoms with Gasteiger partial charge in [0.15, 0.2) is 0 Å². The molecule has 1 unspecified atom stereocenters. The molecule has 3 amide bonds. The number of carbonyl (C=O) groups is 3. The smallest absolute Gasteiger partial charge is 0.253 e. The van der Waals surface area contributed by atoms with Crippen molar-refractivity contribution in [2.75, 3.05) is 36.1 Å². The number of halogens is 1. The molecule has 4 aliphatic rings. The van der Waals surface area contributed by atoms with E-state index >= 15 is 0 Å². The van der Waals surface area contributed by atoms with Crippen LogP contribution in [0.2, 0.25) is 5.02 Å². The Labute approximate surface area is 275 Å². The second-order valence-corrected chi connectivity index (χ2v) is 13.4. The number of amides is 3. The van der Waals surface area contributed by atoms with Crippen LogP contribution in [0.25, 0.3) is 0 Å². The van der Waals surface area contributed by atoms with Crippen molar-refractivity contribution in [2.24, 2.45) is 17.8 Å². The average molecular weight is 648 g/mol. The molecule has 1 spiro atoms. The summed E-state index contributed by atoms with van der Waals surface area (Å²) >= 11 is 6.17. The first-order chi connectivity index (χ1) is 22.1. The third-order valence-corrected chi connectivity index (χ3v) is 10.1. The van der Waals surface area contributed by atoms with E-state index < -0.39 is 35.1 Å². The van der Waals surface area contributed by atoms with Crippen molar-refractivity contribution in [1.82, 2.24) is 4.90 Å². The first kappa shape index (κ1) is 32.3. The summed E-state index contributed by atoms with van der Waals surface area (Å²) in [6.45, 7) is 8.65. The number of hydrogen-bond donors (Lipinski definition) is 1. The van der Waals surface area contributed by atoms with E-state index in [0.29, 0.717) is 48.1 Å². The first-order valence-corrected chi connectivity index (χ1v) is 16.6. The van der Waals surface area contributed by atoms with E-state index in [1.165, 1.54) is 4.90 Å². The summed E-state index contributed by atoms with van der Waals surface area (Å²) in [7, 11) is 0. The largest absolute Gasteiger partial charge is 0.494 e. The van der Waals surface area contributed by atoms with E-state index in [1.807, 2.05) is 76.3 Å². The highest BCUT2D eigenvalue weighted by molar-refractivity contribution is 6.30. The van der Waals surface area contributed by atoms with Gasteiger partial charge in [0.1, 0.15) is 17.4 Å². The number of likely N-dealkylation sites (tertiary alicyclic amines) is 1. The molecule has 6 atom stereocenters. The molecule has 2 aromatic carbocycles. The lowest BCUT2D eigenvalue weighted by atomic mass is 9.73. The van der Waals surface area contributed by atoms with E-state index in [4.69, 9.17) is 21.1 Å². The van der Waals surface area contributed by atoms with Crippen molar-refractivity contribution in [2.45, 2.75) is 63.8 Å². The summed E-state index contributed by atoms with van der Waals surface area (Å²) in [5, 5.41) is 11.2. The van der Waals surface area contributed by atoms with Crippen LogP contribution in [0.4, 0.5) is 11.4 Å². The van der Waals surface area contributed by atoms with Crippen LogP contribution < -0.4 is 14.5 Å². The Balaban J connectivity index is 1.48. The van der Waals surface area contributed by atoms with Crippen LogP contribution in [0.15, 0.2) is 72.8 Å².